The third-order valence-electron chi connectivity index (χ3n) is 4.14. The number of benzene rings is 1. The van der Waals surface area contributed by atoms with E-state index in [1.807, 2.05) is 37.4 Å². The molecule has 0 aliphatic rings. The summed E-state index contributed by atoms with van der Waals surface area (Å²) >= 11 is 1.77. The van der Waals surface area contributed by atoms with Crippen LogP contribution in [0.1, 0.15) is 22.2 Å². The molecule has 0 spiro atoms. The number of carbonyl (C=O) groups excluding carboxylic acids is 1. The van der Waals surface area contributed by atoms with Crippen molar-refractivity contribution in [3.05, 3.63) is 57.9 Å². The molecule has 24 heavy (non-hydrogen) atoms. The zero-order chi connectivity index (χ0) is 17.1. The summed E-state index contributed by atoms with van der Waals surface area (Å²) in [6.07, 6.45) is 3.31. The molecule has 0 fully saturated rings. The van der Waals surface area contributed by atoms with Crippen LogP contribution in [0.5, 0.6) is 0 Å². The standard InChI is InChI=1S/C19H23N3OS/c1-12(9-15-8-7-13(2)24-15)22-19(23)17(20)10-14-11-21-18-6-4-3-5-16(14)18/h3-8,11-12,17,21H,9-10,20H2,1-2H3,(H,22,23)/t12?,17-/m0/s1. The Morgan fingerprint density at radius 3 is 2.79 bits per heavy atom. The summed E-state index contributed by atoms with van der Waals surface area (Å²) in [5.41, 5.74) is 8.27. The van der Waals surface area contributed by atoms with E-state index in [1.54, 1.807) is 11.3 Å². The van der Waals surface area contributed by atoms with E-state index < -0.39 is 6.04 Å². The third-order valence-corrected chi connectivity index (χ3v) is 5.17. The second kappa shape index (κ2) is 7.20. The van der Waals surface area contributed by atoms with E-state index in [0.29, 0.717) is 6.42 Å². The number of hydrogen-bond acceptors (Lipinski definition) is 3. The van der Waals surface area contributed by atoms with Gasteiger partial charge in [0.05, 0.1) is 6.04 Å². The van der Waals surface area contributed by atoms with Gasteiger partial charge in [-0.25, -0.2) is 0 Å². The summed E-state index contributed by atoms with van der Waals surface area (Å²) in [5, 5.41) is 4.16. The molecule has 1 unspecified atom stereocenters. The molecule has 0 radical (unpaired) electrons. The minimum absolute atomic E-state index is 0.0737. The summed E-state index contributed by atoms with van der Waals surface area (Å²) in [6, 6.07) is 11.8. The van der Waals surface area contributed by atoms with Crippen LogP contribution in [0, 0.1) is 6.92 Å². The molecular weight excluding hydrogens is 318 g/mol. The lowest BCUT2D eigenvalue weighted by molar-refractivity contribution is -0.122. The second-order valence-corrected chi connectivity index (χ2v) is 7.67. The second-order valence-electron chi connectivity index (χ2n) is 6.30. The van der Waals surface area contributed by atoms with Crippen LogP contribution in [0.4, 0.5) is 0 Å². The van der Waals surface area contributed by atoms with Gasteiger partial charge in [-0.15, -0.1) is 11.3 Å². The molecule has 4 nitrogen and oxygen atoms in total. The molecule has 0 saturated carbocycles. The van der Waals surface area contributed by atoms with Gasteiger partial charge in [0.25, 0.3) is 0 Å². The van der Waals surface area contributed by atoms with Gasteiger partial charge in [-0.05, 0) is 44.0 Å². The van der Waals surface area contributed by atoms with Crippen LogP contribution >= 0.6 is 11.3 Å². The highest BCUT2D eigenvalue weighted by Gasteiger charge is 2.18. The molecule has 1 amide bonds. The van der Waals surface area contributed by atoms with Gasteiger partial charge in [0, 0.05) is 39.3 Å². The van der Waals surface area contributed by atoms with Crippen molar-refractivity contribution in [2.45, 2.75) is 38.8 Å². The SMILES string of the molecule is Cc1ccc(CC(C)NC(=O)[C@@H](N)Cc2c[nH]c3ccccc23)s1. The van der Waals surface area contributed by atoms with Crippen LogP contribution in [0.2, 0.25) is 0 Å². The first-order valence-corrected chi connectivity index (χ1v) is 9.01. The van der Waals surface area contributed by atoms with E-state index in [2.05, 4.69) is 29.4 Å². The monoisotopic (exact) mass is 341 g/mol. The Bertz CT molecular complexity index is 836. The van der Waals surface area contributed by atoms with Crippen LogP contribution in [-0.4, -0.2) is 23.0 Å². The lowest BCUT2D eigenvalue weighted by Crippen LogP contribution is -2.46. The first-order valence-electron chi connectivity index (χ1n) is 8.19. The van der Waals surface area contributed by atoms with Crippen molar-refractivity contribution in [1.82, 2.24) is 10.3 Å². The number of para-hydroxylation sites is 1. The van der Waals surface area contributed by atoms with Crippen molar-refractivity contribution in [2.24, 2.45) is 5.73 Å². The van der Waals surface area contributed by atoms with Crippen molar-refractivity contribution in [2.75, 3.05) is 0 Å². The summed E-state index contributed by atoms with van der Waals surface area (Å²) in [4.78, 5) is 18.2. The summed E-state index contributed by atoms with van der Waals surface area (Å²) in [6.45, 7) is 4.11. The Morgan fingerprint density at radius 2 is 2.04 bits per heavy atom. The van der Waals surface area contributed by atoms with E-state index in [4.69, 9.17) is 5.73 Å². The smallest absolute Gasteiger partial charge is 0.237 e. The minimum atomic E-state index is -0.545. The first kappa shape index (κ1) is 16.7. The van der Waals surface area contributed by atoms with Gasteiger partial charge in [0.15, 0.2) is 0 Å². The van der Waals surface area contributed by atoms with Gasteiger partial charge in [-0.2, -0.15) is 0 Å². The van der Waals surface area contributed by atoms with E-state index in [9.17, 15) is 4.79 Å². The van der Waals surface area contributed by atoms with Crippen LogP contribution in [0.3, 0.4) is 0 Å². The number of H-pyrrole nitrogens is 1. The maximum absolute atomic E-state index is 12.4. The lowest BCUT2D eigenvalue weighted by Gasteiger charge is -2.17. The van der Waals surface area contributed by atoms with Gasteiger partial charge in [-0.3, -0.25) is 4.79 Å². The number of rotatable bonds is 6. The summed E-state index contributed by atoms with van der Waals surface area (Å²) < 4.78 is 0. The molecule has 0 aliphatic heterocycles. The predicted molar refractivity (Wildman–Crippen MR) is 100 cm³/mol. The maximum Gasteiger partial charge on any atom is 0.237 e. The quantitative estimate of drug-likeness (QED) is 0.644. The summed E-state index contributed by atoms with van der Waals surface area (Å²) in [7, 11) is 0. The highest BCUT2D eigenvalue weighted by atomic mass is 32.1. The number of carbonyl (C=O) groups is 1. The zero-order valence-electron chi connectivity index (χ0n) is 14.0. The Labute approximate surface area is 146 Å². The highest BCUT2D eigenvalue weighted by molar-refractivity contribution is 7.11. The fraction of sp³-hybridized carbons (Fsp3) is 0.316. The fourth-order valence-electron chi connectivity index (χ4n) is 2.93. The third kappa shape index (κ3) is 3.86. The molecule has 2 aromatic heterocycles. The van der Waals surface area contributed by atoms with Crippen molar-refractivity contribution >= 4 is 28.1 Å². The highest BCUT2D eigenvalue weighted by Crippen LogP contribution is 2.19. The van der Waals surface area contributed by atoms with Gasteiger partial charge >= 0.3 is 0 Å². The van der Waals surface area contributed by atoms with Gasteiger partial charge in [0.1, 0.15) is 0 Å². The number of thiophene rings is 1. The number of nitrogens with one attached hydrogen (secondary N) is 2. The molecule has 0 saturated heterocycles. The molecule has 2 atom stereocenters. The average molecular weight is 341 g/mol. The predicted octanol–water partition coefficient (Wildman–Crippen LogP) is 3.16. The van der Waals surface area contributed by atoms with Crippen molar-refractivity contribution in [3.8, 4) is 0 Å². The Kier molecular flexibility index (Phi) is 5.02. The van der Waals surface area contributed by atoms with Crippen LogP contribution in [0.15, 0.2) is 42.6 Å². The number of aryl methyl sites for hydroxylation is 1. The molecule has 3 rings (SSSR count). The maximum atomic E-state index is 12.4. The van der Waals surface area contributed by atoms with Crippen molar-refractivity contribution in [1.29, 1.82) is 0 Å². The molecule has 0 bridgehead atoms. The van der Waals surface area contributed by atoms with Gasteiger partial charge < -0.3 is 16.0 Å². The van der Waals surface area contributed by atoms with Gasteiger partial charge in [0.2, 0.25) is 5.91 Å². The summed E-state index contributed by atoms with van der Waals surface area (Å²) in [5.74, 6) is -0.0962. The molecule has 1 aromatic carbocycles. The van der Waals surface area contributed by atoms with Crippen molar-refractivity contribution < 1.29 is 4.79 Å². The molecule has 0 aliphatic carbocycles. The number of aromatic amines is 1. The molecule has 5 heteroatoms. The minimum Gasteiger partial charge on any atom is -0.361 e. The molecule has 126 valence electrons. The van der Waals surface area contributed by atoms with E-state index in [-0.39, 0.29) is 11.9 Å². The molecule has 4 N–H and O–H groups in total. The normalized spacial score (nSPS) is 13.8. The zero-order valence-corrected chi connectivity index (χ0v) is 14.8. The average Bonchev–Trinajstić information content (AvgIpc) is 3.14. The number of hydrogen-bond donors (Lipinski definition) is 3. The number of nitrogens with two attached hydrogens (primary N) is 1. The fourth-order valence-corrected chi connectivity index (χ4v) is 3.95. The van der Waals surface area contributed by atoms with Gasteiger partial charge in [-0.1, -0.05) is 18.2 Å². The van der Waals surface area contributed by atoms with Crippen molar-refractivity contribution in [3.63, 3.8) is 0 Å². The van der Waals surface area contributed by atoms with E-state index in [1.165, 1.54) is 9.75 Å². The van der Waals surface area contributed by atoms with Crippen LogP contribution < -0.4 is 11.1 Å². The number of fused-ring (bicyclic) bond motifs is 1. The van der Waals surface area contributed by atoms with E-state index >= 15 is 0 Å². The Hall–Kier alpha value is -2.11. The number of amides is 1. The van der Waals surface area contributed by atoms with Crippen LogP contribution in [-0.2, 0) is 17.6 Å². The topological polar surface area (TPSA) is 70.9 Å². The largest absolute Gasteiger partial charge is 0.361 e. The Balaban J connectivity index is 1.58. The first-order chi connectivity index (χ1) is 11.5. The molecule has 3 aromatic rings. The van der Waals surface area contributed by atoms with Crippen LogP contribution in [0.25, 0.3) is 10.9 Å². The molecule has 2 heterocycles. The molecular formula is C19H23N3OS. The Morgan fingerprint density at radius 1 is 1.25 bits per heavy atom. The lowest BCUT2D eigenvalue weighted by atomic mass is 10.0. The number of aromatic nitrogens is 1. The van der Waals surface area contributed by atoms with E-state index in [0.717, 1.165) is 22.9 Å².